The highest BCUT2D eigenvalue weighted by molar-refractivity contribution is 4.18. The summed E-state index contributed by atoms with van der Waals surface area (Å²) in [5, 5.41) is 9.55. The number of ether oxygens (including phenoxy) is 1. The smallest absolute Gasteiger partial charge is 0.306 e. The lowest BCUT2D eigenvalue weighted by molar-refractivity contribution is -0.526. The highest BCUT2D eigenvalue weighted by Gasteiger charge is 1.91. The van der Waals surface area contributed by atoms with Gasteiger partial charge in [0.05, 0.1) is 6.61 Å². The standard InChI is InChI=1S/C4H9NO3/c1-2-3-8-4-5(6)7/h2-4H2,1H3. The maximum atomic E-state index is 9.55. The van der Waals surface area contributed by atoms with Crippen molar-refractivity contribution in [2.24, 2.45) is 0 Å². The highest BCUT2D eigenvalue weighted by atomic mass is 16.7. The maximum Gasteiger partial charge on any atom is 0.306 e. The Morgan fingerprint density at radius 1 is 1.75 bits per heavy atom. The van der Waals surface area contributed by atoms with E-state index in [9.17, 15) is 10.1 Å². The van der Waals surface area contributed by atoms with Crippen LogP contribution in [-0.4, -0.2) is 18.3 Å². The molecule has 0 amide bonds. The summed E-state index contributed by atoms with van der Waals surface area (Å²) in [5.74, 6) is 0. The van der Waals surface area contributed by atoms with Gasteiger partial charge >= 0.3 is 6.73 Å². The van der Waals surface area contributed by atoms with E-state index in [2.05, 4.69) is 4.74 Å². The molecule has 4 heteroatoms. The maximum absolute atomic E-state index is 9.55. The zero-order valence-electron chi connectivity index (χ0n) is 4.79. The van der Waals surface area contributed by atoms with Gasteiger partial charge in [-0.15, -0.1) is 0 Å². The average molecular weight is 119 g/mol. The van der Waals surface area contributed by atoms with Crippen LogP contribution in [0, 0.1) is 10.1 Å². The fourth-order valence-corrected chi connectivity index (χ4v) is 0.283. The van der Waals surface area contributed by atoms with Crippen LogP contribution in [0.4, 0.5) is 0 Å². The van der Waals surface area contributed by atoms with Crippen LogP contribution in [0.2, 0.25) is 0 Å². The molecule has 48 valence electrons. The second kappa shape index (κ2) is 4.52. The summed E-state index contributed by atoms with van der Waals surface area (Å²) in [7, 11) is 0. The third kappa shape index (κ3) is 5.36. The quantitative estimate of drug-likeness (QED) is 0.236. The van der Waals surface area contributed by atoms with Gasteiger partial charge in [-0.1, -0.05) is 6.92 Å². The van der Waals surface area contributed by atoms with Crippen LogP contribution in [0.5, 0.6) is 0 Å². The molecule has 0 aliphatic rings. The third-order valence-electron chi connectivity index (χ3n) is 0.545. The average Bonchev–Trinajstić information content (AvgIpc) is 1.66. The molecule has 0 unspecified atom stereocenters. The van der Waals surface area contributed by atoms with Crippen molar-refractivity contribution in [1.82, 2.24) is 0 Å². The van der Waals surface area contributed by atoms with Gasteiger partial charge in [0.15, 0.2) is 0 Å². The van der Waals surface area contributed by atoms with Crippen molar-refractivity contribution >= 4 is 0 Å². The minimum atomic E-state index is -0.490. The van der Waals surface area contributed by atoms with E-state index in [-0.39, 0.29) is 6.73 Å². The first-order chi connectivity index (χ1) is 3.77. The summed E-state index contributed by atoms with van der Waals surface area (Å²) in [4.78, 5) is 9.06. The molecular weight excluding hydrogens is 110 g/mol. The number of hydrogen-bond acceptors (Lipinski definition) is 3. The van der Waals surface area contributed by atoms with Gasteiger partial charge < -0.3 is 4.74 Å². The lowest BCUT2D eigenvalue weighted by Crippen LogP contribution is -2.05. The Morgan fingerprint density at radius 2 is 2.38 bits per heavy atom. The lowest BCUT2D eigenvalue weighted by Gasteiger charge is -1.92. The zero-order valence-corrected chi connectivity index (χ0v) is 4.79. The van der Waals surface area contributed by atoms with E-state index in [1.54, 1.807) is 0 Å². The first-order valence-corrected chi connectivity index (χ1v) is 2.47. The Hall–Kier alpha value is -0.640. The topological polar surface area (TPSA) is 52.4 Å². The molecule has 0 saturated carbocycles. The molecule has 0 aromatic carbocycles. The van der Waals surface area contributed by atoms with Crippen molar-refractivity contribution in [2.45, 2.75) is 13.3 Å². The van der Waals surface area contributed by atoms with E-state index >= 15 is 0 Å². The fourth-order valence-electron chi connectivity index (χ4n) is 0.283. The van der Waals surface area contributed by atoms with Gasteiger partial charge in [0.1, 0.15) is 0 Å². The molecule has 0 bridgehead atoms. The number of rotatable bonds is 4. The molecular formula is C4H9NO3. The van der Waals surface area contributed by atoms with Crippen LogP contribution in [0.25, 0.3) is 0 Å². The molecule has 0 aliphatic heterocycles. The zero-order chi connectivity index (χ0) is 6.41. The first kappa shape index (κ1) is 7.36. The number of nitrogens with zero attached hydrogens (tertiary/aromatic N) is 1. The Balaban J connectivity index is 2.82. The minimum Gasteiger partial charge on any atom is -0.320 e. The van der Waals surface area contributed by atoms with Gasteiger partial charge in [0, 0.05) is 4.92 Å². The van der Waals surface area contributed by atoms with E-state index in [0.29, 0.717) is 6.61 Å². The van der Waals surface area contributed by atoms with Crippen molar-refractivity contribution in [2.75, 3.05) is 13.3 Å². The predicted molar refractivity (Wildman–Crippen MR) is 28.1 cm³/mol. The summed E-state index contributed by atoms with van der Waals surface area (Å²) in [6.07, 6.45) is 0.827. The monoisotopic (exact) mass is 119 g/mol. The second-order valence-corrected chi connectivity index (χ2v) is 1.37. The first-order valence-electron chi connectivity index (χ1n) is 2.47. The van der Waals surface area contributed by atoms with Crippen LogP contribution in [-0.2, 0) is 4.74 Å². The molecule has 0 rings (SSSR count). The second-order valence-electron chi connectivity index (χ2n) is 1.37. The predicted octanol–water partition coefficient (Wildman–Crippen LogP) is 0.647. The molecule has 0 spiro atoms. The molecule has 8 heavy (non-hydrogen) atoms. The molecule has 0 fully saturated rings. The molecule has 0 atom stereocenters. The van der Waals surface area contributed by atoms with Crippen molar-refractivity contribution < 1.29 is 9.66 Å². The van der Waals surface area contributed by atoms with Crippen molar-refractivity contribution in [3.63, 3.8) is 0 Å². The normalized spacial score (nSPS) is 9.12. The highest BCUT2D eigenvalue weighted by Crippen LogP contribution is 1.78. The van der Waals surface area contributed by atoms with Crippen LogP contribution >= 0.6 is 0 Å². The van der Waals surface area contributed by atoms with Crippen LogP contribution in [0.15, 0.2) is 0 Å². The Morgan fingerprint density at radius 3 is 2.75 bits per heavy atom. The van der Waals surface area contributed by atoms with E-state index in [0.717, 1.165) is 6.42 Å². The van der Waals surface area contributed by atoms with E-state index in [1.165, 1.54) is 0 Å². The van der Waals surface area contributed by atoms with Crippen molar-refractivity contribution in [1.29, 1.82) is 0 Å². The Kier molecular flexibility index (Phi) is 4.16. The molecule has 0 aromatic heterocycles. The SMILES string of the molecule is CCCOC[N+](=O)[O-]. The van der Waals surface area contributed by atoms with Crippen molar-refractivity contribution in [3.05, 3.63) is 10.1 Å². The third-order valence-corrected chi connectivity index (χ3v) is 0.545. The Bertz CT molecular complexity index is 73.7. The van der Waals surface area contributed by atoms with Gasteiger partial charge in [-0.25, -0.2) is 0 Å². The molecule has 0 N–H and O–H groups in total. The largest absolute Gasteiger partial charge is 0.320 e. The summed E-state index contributed by atoms with van der Waals surface area (Å²) in [5.41, 5.74) is 0. The Labute approximate surface area is 47.6 Å². The molecule has 0 heterocycles. The van der Waals surface area contributed by atoms with Gasteiger partial charge in [-0.05, 0) is 6.42 Å². The van der Waals surface area contributed by atoms with E-state index in [1.807, 2.05) is 6.92 Å². The van der Waals surface area contributed by atoms with E-state index < -0.39 is 4.92 Å². The van der Waals surface area contributed by atoms with Gasteiger partial charge in [-0.3, -0.25) is 10.1 Å². The van der Waals surface area contributed by atoms with Gasteiger partial charge in [0.25, 0.3) is 0 Å². The molecule has 0 aliphatic carbocycles. The van der Waals surface area contributed by atoms with Crippen molar-refractivity contribution in [3.8, 4) is 0 Å². The molecule has 0 saturated heterocycles. The summed E-state index contributed by atoms with van der Waals surface area (Å²) in [6.45, 7) is 2.01. The fraction of sp³-hybridized carbons (Fsp3) is 1.00. The van der Waals surface area contributed by atoms with Crippen LogP contribution in [0.3, 0.4) is 0 Å². The summed E-state index contributed by atoms with van der Waals surface area (Å²) < 4.78 is 4.55. The minimum absolute atomic E-state index is 0.367. The molecule has 0 radical (unpaired) electrons. The summed E-state index contributed by atoms with van der Waals surface area (Å²) in [6, 6.07) is 0. The van der Waals surface area contributed by atoms with Crippen LogP contribution < -0.4 is 0 Å². The number of nitro groups is 1. The number of hydrogen-bond donors (Lipinski definition) is 0. The lowest BCUT2D eigenvalue weighted by atomic mass is 10.5. The molecule has 4 nitrogen and oxygen atoms in total. The van der Waals surface area contributed by atoms with Gasteiger partial charge in [-0.2, -0.15) is 0 Å². The van der Waals surface area contributed by atoms with Crippen LogP contribution in [0.1, 0.15) is 13.3 Å². The molecule has 0 aromatic rings. The summed E-state index contributed by atoms with van der Waals surface area (Å²) >= 11 is 0. The van der Waals surface area contributed by atoms with E-state index in [4.69, 9.17) is 0 Å². The van der Waals surface area contributed by atoms with Gasteiger partial charge in [0.2, 0.25) is 0 Å².